The number of fused-ring (bicyclic) bond motifs is 2. The zero-order chi connectivity index (χ0) is 16.8. The van der Waals surface area contributed by atoms with Gasteiger partial charge in [0.15, 0.2) is 0 Å². The van der Waals surface area contributed by atoms with E-state index in [0.717, 1.165) is 19.3 Å². The van der Waals surface area contributed by atoms with Crippen molar-refractivity contribution in [3.63, 3.8) is 0 Å². The highest BCUT2D eigenvalue weighted by Crippen LogP contribution is 2.34. The number of hydrogen-bond acceptors (Lipinski definition) is 1. The Balaban J connectivity index is 2.01. The van der Waals surface area contributed by atoms with E-state index in [4.69, 9.17) is 0 Å². The third kappa shape index (κ3) is 3.71. The molecular weight excluding hydrogens is 292 g/mol. The fraction of sp³-hybridized carbons (Fsp3) is 0.391. The lowest BCUT2D eigenvalue weighted by atomic mass is 9.87. The molecule has 2 aromatic carbocycles. The standard InChI is InChI=1S/C23H26O/c1-2-3-4-8-18-12-13-20-15-14-19-9-5-6-10-21(19)22(11-7-16-24)23(20)17-18/h5-6,9-10,12-13,17,22,24H,2-4,8,14-16H2,1H3. The smallest absolute Gasteiger partial charge is 0.104 e. The first kappa shape index (κ1) is 16.8. The van der Waals surface area contributed by atoms with E-state index >= 15 is 0 Å². The highest BCUT2D eigenvalue weighted by Gasteiger charge is 2.22. The van der Waals surface area contributed by atoms with Gasteiger partial charge in [-0.3, -0.25) is 0 Å². The van der Waals surface area contributed by atoms with E-state index in [1.807, 2.05) is 0 Å². The van der Waals surface area contributed by atoms with Crippen LogP contribution in [0.5, 0.6) is 0 Å². The Morgan fingerprint density at radius 1 is 1.00 bits per heavy atom. The van der Waals surface area contributed by atoms with Crippen LogP contribution in [0.2, 0.25) is 0 Å². The highest BCUT2D eigenvalue weighted by atomic mass is 16.2. The highest BCUT2D eigenvalue weighted by molar-refractivity contribution is 5.51. The Kier molecular flexibility index (Phi) is 5.72. The number of aliphatic hydroxyl groups is 1. The first-order chi connectivity index (χ1) is 11.8. The lowest BCUT2D eigenvalue weighted by molar-refractivity contribution is 0.350. The quantitative estimate of drug-likeness (QED) is 0.643. The van der Waals surface area contributed by atoms with Gasteiger partial charge >= 0.3 is 0 Å². The summed E-state index contributed by atoms with van der Waals surface area (Å²) in [6, 6.07) is 15.6. The third-order valence-electron chi connectivity index (χ3n) is 4.95. The summed E-state index contributed by atoms with van der Waals surface area (Å²) in [6.07, 6.45) is 7.06. The van der Waals surface area contributed by atoms with Gasteiger partial charge in [-0.15, -0.1) is 0 Å². The van der Waals surface area contributed by atoms with E-state index in [1.165, 1.54) is 47.1 Å². The van der Waals surface area contributed by atoms with Gasteiger partial charge in [-0.25, -0.2) is 0 Å². The predicted molar refractivity (Wildman–Crippen MR) is 100 cm³/mol. The summed E-state index contributed by atoms with van der Waals surface area (Å²) >= 11 is 0. The second kappa shape index (κ2) is 8.18. The Bertz CT molecular complexity index is 748. The number of aliphatic hydroxyl groups excluding tert-OH is 1. The molecule has 24 heavy (non-hydrogen) atoms. The van der Waals surface area contributed by atoms with Crippen LogP contribution in [0.4, 0.5) is 0 Å². The molecule has 0 amide bonds. The molecule has 1 N–H and O–H groups in total. The largest absolute Gasteiger partial charge is 0.384 e. The number of hydrogen-bond donors (Lipinski definition) is 1. The van der Waals surface area contributed by atoms with Crippen LogP contribution >= 0.6 is 0 Å². The Labute approximate surface area is 145 Å². The van der Waals surface area contributed by atoms with Crippen molar-refractivity contribution >= 4 is 0 Å². The van der Waals surface area contributed by atoms with Crippen LogP contribution < -0.4 is 0 Å². The second-order valence-electron chi connectivity index (χ2n) is 6.60. The lowest BCUT2D eigenvalue weighted by Crippen LogP contribution is -2.03. The summed E-state index contributed by atoms with van der Waals surface area (Å²) in [5, 5.41) is 9.19. The maximum absolute atomic E-state index is 9.19. The molecule has 1 unspecified atom stereocenters. The van der Waals surface area contributed by atoms with Crippen LogP contribution in [0.1, 0.15) is 59.9 Å². The van der Waals surface area contributed by atoms with E-state index in [-0.39, 0.29) is 12.5 Å². The van der Waals surface area contributed by atoms with E-state index in [9.17, 15) is 5.11 Å². The van der Waals surface area contributed by atoms with Crippen molar-refractivity contribution in [3.05, 3.63) is 70.3 Å². The van der Waals surface area contributed by atoms with Gasteiger partial charge in [-0.05, 0) is 53.5 Å². The lowest BCUT2D eigenvalue weighted by Gasteiger charge is -2.16. The Morgan fingerprint density at radius 2 is 1.79 bits per heavy atom. The molecule has 1 aliphatic rings. The number of rotatable bonds is 4. The molecule has 1 atom stereocenters. The van der Waals surface area contributed by atoms with Crippen molar-refractivity contribution in [3.8, 4) is 11.8 Å². The molecule has 1 aliphatic carbocycles. The molecule has 0 saturated carbocycles. The summed E-state index contributed by atoms with van der Waals surface area (Å²) in [7, 11) is 0. The van der Waals surface area contributed by atoms with E-state index in [1.54, 1.807) is 0 Å². The SMILES string of the molecule is CCCCCc1ccc2c(c1)C(C#CCO)c1ccccc1CC2. The molecule has 0 aliphatic heterocycles. The molecule has 3 rings (SSSR count). The summed E-state index contributed by atoms with van der Waals surface area (Å²) in [5.74, 6) is 6.30. The number of aryl methyl sites for hydroxylation is 3. The van der Waals surface area contributed by atoms with Crippen molar-refractivity contribution < 1.29 is 5.11 Å². The fourth-order valence-electron chi connectivity index (χ4n) is 3.66. The summed E-state index contributed by atoms with van der Waals surface area (Å²) in [4.78, 5) is 0. The van der Waals surface area contributed by atoms with Gasteiger partial charge in [0, 0.05) is 0 Å². The molecular formula is C23H26O. The summed E-state index contributed by atoms with van der Waals surface area (Å²) < 4.78 is 0. The third-order valence-corrected chi connectivity index (χ3v) is 4.95. The summed E-state index contributed by atoms with van der Waals surface area (Å²) in [5.41, 5.74) is 6.86. The number of benzene rings is 2. The molecule has 2 aromatic rings. The van der Waals surface area contributed by atoms with Gasteiger partial charge in [0.2, 0.25) is 0 Å². The first-order valence-corrected chi connectivity index (χ1v) is 9.12. The molecule has 0 saturated heterocycles. The maximum atomic E-state index is 9.19. The predicted octanol–water partition coefficient (Wildman–Crippen LogP) is 4.65. The van der Waals surface area contributed by atoms with Crippen molar-refractivity contribution in [2.24, 2.45) is 0 Å². The summed E-state index contributed by atoms with van der Waals surface area (Å²) in [6.45, 7) is 2.17. The monoisotopic (exact) mass is 318 g/mol. The van der Waals surface area contributed by atoms with Crippen LogP contribution in [0.25, 0.3) is 0 Å². The minimum Gasteiger partial charge on any atom is -0.384 e. The molecule has 0 radical (unpaired) electrons. The zero-order valence-electron chi connectivity index (χ0n) is 14.5. The Morgan fingerprint density at radius 3 is 2.58 bits per heavy atom. The molecule has 0 spiro atoms. The van der Waals surface area contributed by atoms with Crippen LogP contribution in [-0.4, -0.2) is 11.7 Å². The van der Waals surface area contributed by atoms with Crippen molar-refractivity contribution in [2.45, 2.75) is 51.4 Å². The van der Waals surface area contributed by atoms with Crippen LogP contribution in [0.3, 0.4) is 0 Å². The average molecular weight is 318 g/mol. The van der Waals surface area contributed by atoms with Gasteiger partial charge in [0.05, 0.1) is 5.92 Å². The van der Waals surface area contributed by atoms with E-state index in [0.29, 0.717) is 0 Å². The van der Waals surface area contributed by atoms with Gasteiger partial charge < -0.3 is 5.11 Å². The maximum Gasteiger partial charge on any atom is 0.104 e. The van der Waals surface area contributed by atoms with Crippen LogP contribution in [0.15, 0.2) is 42.5 Å². The van der Waals surface area contributed by atoms with E-state index < -0.39 is 0 Å². The van der Waals surface area contributed by atoms with E-state index in [2.05, 4.69) is 61.2 Å². The minimum absolute atomic E-state index is 0.0792. The first-order valence-electron chi connectivity index (χ1n) is 9.12. The number of unbranched alkanes of at least 4 members (excludes halogenated alkanes) is 2. The molecule has 1 heteroatoms. The Hall–Kier alpha value is -2.04. The second-order valence-corrected chi connectivity index (χ2v) is 6.60. The van der Waals surface area contributed by atoms with Crippen molar-refractivity contribution in [2.75, 3.05) is 6.61 Å². The molecule has 124 valence electrons. The molecule has 0 bridgehead atoms. The van der Waals surface area contributed by atoms with Gasteiger partial charge in [-0.2, -0.15) is 0 Å². The van der Waals surface area contributed by atoms with Crippen LogP contribution in [-0.2, 0) is 19.3 Å². The fourth-order valence-corrected chi connectivity index (χ4v) is 3.66. The minimum atomic E-state index is -0.0792. The molecule has 0 aromatic heterocycles. The average Bonchev–Trinajstić information content (AvgIpc) is 2.77. The molecule has 1 nitrogen and oxygen atoms in total. The van der Waals surface area contributed by atoms with Gasteiger partial charge in [0.25, 0.3) is 0 Å². The van der Waals surface area contributed by atoms with Gasteiger partial charge in [0.1, 0.15) is 6.61 Å². The molecule has 0 heterocycles. The van der Waals surface area contributed by atoms with Crippen LogP contribution in [0, 0.1) is 11.8 Å². The van der Waals surface area contributed by atoms with Crippen molar-refractivity contribution in [1.29, 1.82) is 0 Å². The van der Waals surface area contributed by atoms with Crippen molar-refractivity contribution in [1.82, 2.24) is 0 Å². The zero-order valence-corrected chi connectivity index (χ0v) is 14.5. The molecule has 0 fully saturated rings. The van der Waals surface area contributed by atoms with Gasteiger partial charge in [-0.1, -0.05) is 74.1 Å². The topological polar surface area (TPSA) is 20.2 Å². The normalized spacial score (nSPS) is 15.7.